The lowest BCUT2D eigenvalue weighted by Gasteiger charge is -2.19. The Morgan fingerprint density at radius 3 is 2.54 bits per heavy atom. The second-order valence-electron chi connectivity index (χ2n) is 9.75. The molecule has 4 rings (SSSR count). The van der Waals surface area contributed by atoms with Crippen molar-refractivity contribution in [3.05, 3.63) is 114 Å². The van der Waals surface area contributed by atoms with E-state index in [4.69, 9.17) is 26.3 Å². The molecule has 41 heavy (non-hydrogen) atoms. The van der Waals surface area contributed by atoms with Gasteiger partial charge >= 0.3 is 5.69 Å². The molecule has 0 radical (unpaired) electrons. The zero-order valence-corrected chi connectivity index (χ0v) is 24.0. The highest BCUT2D eigenvalue weighted by Crippen LogP contribution is 2.30. The summed E-state index contributed by atoms with van der Waals surface area (Å²) in [5.74, 6) is 1.61. The number of methoxy groups -OCH3 is 1. The number of aryl methyl sites for hydroxylation is 1. The average molecular weight is 572 g/mol. The minimum absolute atomic E-state index is 0.0666. The summed E-state index contributed by atoms with van der Waals surface area (Å²) in [7, 11) is 1.62. The number of ether oxygens (including phenoxy) is 2. The maximum absolute atomic E-state index is 13.1. The SMILES string of the molecule is COc1ccc(CNc2cc(Cn3c(Oc4cc(C)cc(C=CC#N)c4)c(C(C)C)c(=O)[nH]c3=O)cc(Cl)n2)cc1. The number of rotatable bonds is 10. The number of pyridine rings is 1. The van der Waals surface area contributed by atoms with Gasteiger partial charge in [-0.15, -0.1) is 0 Å². The largest absolute Gasteiger partial charge is 0.497 e. The zero-order chi connectivity index (χ0) is 29.5. The molecule has 210 valence electrons. The number of halogens is 1. The summed E-state index contributed by atoms with van der Waals surface area (Å²) in [6.07, 6.45) is 3.03. The van der Waals surface area contributed by atoms with Gasteiger partial charge in [-0.25, -0.2) is 9.78 Å². The molecule has 0 unspecified atom stereocenters. The molecule has 0 saturated carbocycles. The van der Waals surface area contributed by atoms with Gasteiger partial charge in [-0.1, -0.05) is 43.6 Å². The van der Waals surface area contributed by atoms with Crippen LogP contribution in [0.3, 0.4) is 0 Å². The Labute approximate surface area is 242 Å². The van der Waals surface area contributed by atoms with Crippen LogP contribution < -0.4 is 26.0 Å². The molecule has 0 spiro atoms. The molecule has 0 fully saturated rings. The van der Waals surface area contributed by atoms with Gasteiger partial charge in [0.1, 0.15) is 22.5 Å². The van der Waals surface area contributed by atoms with Crippen molar-refractivity contribution >= 4 is 23.5 Å². The first-order valence-corrected chi connectivity index (χ1v) is 13.3. The van der Waals surface area contributed by atoms with Crippen molar-refractivity contribution in [2.45, 2.75) is 39.8 Å². The number of benzene rings is 2. The topological polar surface area (TPSA) is 122 Å². The molecular weight excluding hydrogens is 542 g/mol. The number of nitrogens with zero attached hydrogens (tertiary/aromatic N) is 3. The van der Waals surface area contributed by atoms with Crippen LogP contribution in [-0.2, 0) is 13.1 Å². The van der Waals surface area contributed by atoms with Crippen LogP contribution in [0.1, 0.15) is 47.6 Å². The van der Waals surface area contributed by atoms with Gasteiger partial charge in [0.2, 0.25) is 5.88 Å². The fraction of sp³-hybridized carbons (Fsp3) is 0.226. The van der Waals surface area contributed by atoms with E-state index in [0.717, 1.165) is 22.4 Å². The molecule has 4 aromatic rings. The van der Waals surface area contributed by atoms with Gasteiger partial charge < -0.3 is 14.8 Å². The Morgan fingerprint density at radius 1 is 1.10 bits per heavy atom. The van der Waals surface area contributed by atoms with Gasteiger partial charge in [0.05, 0.1) is 25.3 Å². The summed E-state index contributed by atoms with van der Waals surface area (Å²) in [5.41, 5.74) is 2.54. The molecule has 0 aliphatic heterocycles. The zero-order valence-electron chi connectivity index (χ0n) is 23.2. The van der Waals surface area contributed by atoms with Crippen molar-refractivity contribution in [2.75, 3.05) is 12.4 Å². The summed E-state index contributed by atoms with van der Waals surface area (Å²) in [6.45, 7) is 6.17. The van der Waals surface area contributed by atoms with Gasteiger partial charge in [-0.2, -0.15) is 5.26 Å². The third-order valence-electron chi connectivity index (χ3n) is 6.23. The Bertz CT molecular complexity index is 1730. The lowest BCUT2D eigenvalue weighted by molar-refractivity contribution is 0.410. The minimum atomic E-state index is -0.618. The lowest BCUT2D eigenvalue weighted by Crippen LogP contribution is -2.34. The minimum Gasteiger partial charge on any atom is -0.497 e. The summed E-state index contributed by atoms with van der Waals surface area (Å²) in [5, 5.41) is 12.4. The molecule has 0 bridgehead atoms. The average Bonchev–Trinajstić information content (AvgIpc) is 2.92. The molecule has 9 nitrogen and oxygen atoms in total. The maximum Gasteiger partial charge on any atom is 0.331 e. The molecule has 10 heteroatoms. The van der Waals surface area contributed by atoms with Crippen LogP contribution in [-0.4, -0.2) is 21.6 Å². The highest BCUT2D eigenvalue weighted by atomic mass is 35.5. The molecule has 0 atom stereocenters. The van der Waals surface area contributed by atoms with Crippen molar-refractivity contribution in [2.24, 2.45) is 0 Å². The number of H-pyrrole nitrogens is 1. The van der Waals surface area contributed by atoms with Gasteiger partial charge in [0.15, 0.2) is 0 Å². The molecule has 0 aliphatic rings. The highest BCUT2D eigenvalue weighted by molar-refractivity contribution is 6.29. The number of nitrogens with one attached hydrogen (secondary N) is 2. The number of allylic oxidation sites excluding steroid dienone is 1. The third kappa shape index (κ3) is 7.44. The predicted octanol–water partition coefficient (Wildman–Crippen LogP) is 6.01. The van der Waals surface area contributed by atoms with E-state index >= 15 is 0 Å². The van der Waals surface area contributed by atoms with Gasteiger partial charge in [-0.3, -0.25) is 14.3 Å². The Hall–Kier alpha value is -4.81. The Morgan fingerprint density at radius 2 is 1.85 bits per heavy atom. The van der Waals surface area contributed by atoms with E-state index in [9.17, 15) is 9.59 Å². The number of aromatic nitrogens is 3. The van der Waals surface area contributed by atoms with Crippen LogP contribution in [0, 0.1) is 18.3 Å². The van der Waals surface area contributed by atoms with E-state index in [0.29, 0.717) is 29.2 Å². The monoisotopic (exact) mass is 571 g/mol. The van der Waals surface area contributed by atoms with Gasteiger partial charge in [-0.05, 0) is 77.6 Å². The molecular formula is C31H30ClN5O4. The fourth-order valence-corrected chi connectivity index (χ4v) is 4.59. The second kappa shape index (κ2) is 13.0. The predicted molar refractivity (Wildman–Crippen MR) is 160 cm³/mol. The van der Waals surface area contributed by atoms with Gasteiger partial charge in [0.25, 0.3) is 5.56 Å². The quantitative estimate of drug-likeness (QED) is 0.176. The Balaban J connectivity index is 1.70. The van der Waals surface area contributed by atoms with Crippen LogP contribution in [0.2, 0.25) is 5.15 Å². The summed E-state index contributed by atoms with van der Waals surface area (Å²) in [6, 6.07) is 18.5. The standard InChI is InChI=1S/C31H30ClN5O4/c1-19(2)28-29(38)36-31(39)37(30(28)41-25-13-20(3)12-22(14-25)6-5-11-33)18-23-15-26(32)35-27(16-23)34-17-21-7-9-24(40-4)10-8-21/h5-10,12-16,19H,17-18H2,1-4H3,(H,34,35)(H,36,38,39). The fourth-order valence-electron chi connectivity index (χ4n) is 4.36. The van der Waals surface area contributed by atoms with Crippen LogP contribution >= 0.6 is 11.6 Å². The number of anilines is 1. The number of hydrogen-bond donors (Lipinski definition) is 2. The first-order chi connectivity index (χ1) is 19.7. The van der Waals surface area contributed by atoms with E-state index in [-0.39, 0.29) is 23.5 Å². The van der Waals surface area contributed by atoms with E-state index in [1.807, 2.05) is 57.2 Å². The smallest absolute Gasteiger partial charge is 0.331 e. The van der Waals surface area contributed by atoms with Crippen LogP contribution in [0.5, 0.6) is 17.4 Å². The van der Waals surface area contributed by atoms with Gasteiger partial charge in [0, 0.05) is 12.6 Å². The van der Waals surface area contributed by atoms with Crippen molar-refractivity contribution in [1.29, 1.82) is 5.26 Å². The highest BCUT2D eigenvalue weighted by Gasteiger charge is 2.21. The van der Waals surface area contributed by atoms with Crippen LogP contribution in [0.15, 0.2) is 70.3 Å². The van der Waals surface area contributed by atoms with E-state index in [1.54, 1.807) is 37.5 Å². The molecule has 0 amide bonds. The summed E-state index contributed by atoms with van der Waals surface area (Å²) < 4.78 is 12.9. The van der Waals surface area contributed by atoms with Crippen molar-refractivity contribution < 1.29 is 9.47 Å². The maximum atomic E-state index is 13.1. The molecule has 0 saturated heterocycles. The lowest BCUT2D eigenvalue weighted by atomic mass is 10.1. The second-order valence-corrected chi connectivity index (χ2v) is 10.1. The number of nitriles is 1. The molecule has 2 aromatic heterocycles. The molecule has 2 aromatic carbocycles. The van der Waals surface area contributed by atoms with Crippen LogP contribution in [0.4, 0.5) is 5.82 Å². The molecule has 2 heterocycles. The van der Waals surface area contributed by atoms with Crippen molar-refractivity contribution in [1.82, 2.24) is 14.5 Å². The van der Waals surface area contributed by atoms with E-state index in [1.165, 1.54) is 10.6 Å². The molecule has 0 aliphatic carbocycles. The van der Waals surface area contributed by atoms with Crippen molar-refractivity contribution in [3.8, 4) is 23.4 Å². The first-order valence-electron chi connectivity index (χ1n) is 12.9. The Kier molecular flexibility index (Phi) is 9.27. The summed E-state index contributed by atoms with van der Waals surface area (Å²) >= 11 is 6.36. The third-order valence-corrected chi connectivity index (χ3v) is 6.42. The molecule has 2 N–H and O–H groups in total. The van der Waals surface area contributed by atoms with E-state index < -0.39 is 11.2 Å². The number of aromatic amines is 1. The van der Waals surface area contributed by atoms with Crippen LogP contribution in [0.25, 0.3) is 6.08 Å². The normalized spacial score (nSPS) is 11.0. The van der Waals surface area contributed by atoms with Crippen molar-refractivity contribution in [3.63, 3.8) is 0 Å². The number of hydrogen-bond acceptors (Lipinski definition) is 7. The van der Waals surface area contributed by atoms with E-state index in [2.05, 4.69) is 15.3 Å². The summed E-state index contributed by atoms with van der Waals surface area (Å²) in [4.78, 5) is 32.8. The first kappa shape index (κ1) is 29.2.